The van der Waals surface area contributed by atoms with Gasteiger partial charge < -0.3 is 14.5 Å². The maximum absolute atomic E-state index is 12.6. The van der Waals surface area contributed by atoms with E-state index in [-0.39, 0.29) is 12.0 Å². The number of para-hydroxylation sites is 1. The second-order valence-electron chi connectivity index (χ2n) is 6.44. The number of amides is 1. The summed E-state index contributed by atoms with van der Waals surface area (Å²) < 4.78 is 5.51. The second kappa shape index (κ2) is 8.67. The number of rotatable bonds is 7. The predicted molar refractivity (Wildman–Crippen MR) is 104 cm³/mol. The van der Waals surface area contributed by atoms with Crippen LogP contribution in [0.5, 0.6) is 0 Å². The van der Waals surface area contributed by atoms with Crippen LogP contribution in [0.4, 0.5) is 5.69 Å². The van der Waals surface area contributed by atoms with Crippen LogP contribution < -0.4 is 4.90 Å². The van der Waals surface area contributed by atoms with Crippen LogP contribution in [0.3, 0.4) is 0 Å². The average molecular weight is 340 g/mol. The van der Waals surface area contributed by atoms with E-state index >= 15 is 0 Å². The first-order chi connectivity index (χ1) is 11.9. The summed E-state index contributed by atoms with van der Waals surface area (Å²) in [5, 5.41) is 0. The van der Waals surface area contributed by atoms with Gasteiger partial charge >= 0.3 is 0 Å². The molecule has 0 fully saturated rings. The van der Waals surface area contributed by atoms with E-state index < -0.39 is 0 Å². The SMILES string of the molecule is CCOC(C)CN(C)C(=O)c1ccc(-c2ccccc2N(C)C)cc1. The molecule has 2 aromatic carbocycles. The lowest BCUT2D eigenvalue weighted by molar-refractivity contribution is 0.0436. The highest BCUT2D eigenvalue weighted by atomic mass is 16.5. The van der Waals surface area contributed by atoms with E-state index in [0.717, 1.165) is 16.8 Å². The summed E-state index contributed by atoms with van der Waals surface area (Å²) in [6.45, 7) is 5.18. The van der Waals surface area contributed by atoms with Crippen LogP contribution in [-0.4, -0.2) is 51.2 Å². The third-order valence-electron chi connectivity index (χ3n) is 4.16. The zero-order valence-electron chi connectivity index (χ0n) is 15.8. The van der Waals surface area contributed by atoms with Gasteiger partial charge in [-0.05, 0) is 37.6 Å². The molecule has 1 atom stereocenters. The van der Waals surface area contributed by atoms with Crippen molar-refractivity contribution < 1.29 is 9.53 Å². The van der Waals surface area contributed by atoms with Crippen molar-refractivity contribution in [3.8, 4) is 11.1 Å². The third kappa shape index (κ3) is 4.83. The Bertz CT molecular complexity index is 695. The van der Waals surface area contributed by atoms with E-state index in [1.54, 1.807) is 4.90 Å². The fraction of sp³-hybridized carbons (Fsp3) is 0.381. The van der Waals surface area contributed by atoms with E-state index in [1.807, 2.05) is 71.4 Å². The molecule has 0 aliphatic heterocycles. The number of carbonyl (C=O) groups excluding carboxylic acids is 1. The Morgan fingerprint density at radius 1 is 1.04 bits per heavy atom. The van der Waals surface area contributed by atoms with Gasteiger partial charge in [-0.25, -0.2) is 0 Å². The van der Waals surface area contributed by atoms with E-state index in [2.05, 4.69) is 17.0 Å². The minimum absolute atomic E-state index is 0.0130. The van der Waals surface area contributed by atoms with Crippen molar-refractivity contribution in [3.63, 3.8) is 0 Å². The standard InChI is InChI=1S/C21H28N2O2/c1-6-25-16(2)15-23(5)21(24)18-13-11-17(12-14-18)19-9-7-8-10-20(19)22(3)4/h7-14,16H,6,15H2,1-5H3. The molecular weight excluding hydrogens is 312 g/mol. The summed E-state index contributed by atoms with van der Waals surface area (Å²) in [4.78, 5) is 16.4. The highest BCUT2D eigenvalue weighted by molar-refractivity contribution is 5.94. The highest BCUT2D eigenvalue weighted by Crippen LogP contribution is 2.29. The fourth-order valence-electron chi connectivity index (χ4n) is 2.93. The van der Waals surface area contributed by atoms with Gasteiger partial charge in [0.1, 0.15) is 0 Å². The van der Waals surface area contributed by atoms with Gasteiger partial charge in [-0.1, -0.05) is 30.3 Å². The van der Waals surface area contributed by atoms with Gasteiger partial charge in [0.05, 0.1) is 6.10 Å². The molecule has 0 saturated carbocycles. The first-order valence-corrected chi connectivity index (χ1v) is 8.68. The van der Waals surface area contributed by atoms with Gasteiger partial charge in [0, 0.05) is 51.1 Å². The lowest BCUT2D eigenvalue weighted by Gasteiger charge is -2.22. The van der Waals surface area contributed by atoms with Crippen LogP contribution in [0.25, 0.3) is 11.1 Å². The summed E-state index contributed by atoms with van der Waals surface area (Å²) in [5.41, 5.74) is 4.11. The summed E-state index contributed by atoms with van der Waals surface area (Å²) >= 11 is 0. The molecule has 1 amide bonds. The number of anilines is 1. The minimum Gasteiger partial charge on any atom is -0.377 e. The summed E-state index contributed by atoms with van der Waals surface area (Å²) in [5.74, 6) is 0.0130. The van der Waals surface area contributed by atoms with Crippen molar-refractivity contribution in [3.05, 3.63) is 54.1 Å². The minimum atomic E-state index is 0.0130. The van der Waals surface area contributed by atoms with Crippen molar-refractivity contribution in [2.75, 3.05) is 39.2 Å². The Balaban J connectivity index is 2.16. The van der Waals surface area contributed by atoms with E-state index in [1.165, 1.54) is 0 Å². The molecule has 0 aliphatic rings. The number of carbonyl (C=O) groups is 1. The molecule has 2 aromatic rings. The van der Waals surface area contributed by atoms with Crippen molar-refractivity contribution in [2.45, 2.75) is 20.0 Å². The molecule has 0 radical (unpaired) electrons. The van der Waals surface area contributed by atoms with Crippen LogP contribution >= 0.6 is 0 Å². The molecule has 0 spiro atoms. The van der Waals surface area contributed by atoms with Gasteiger partial charge in [0.25, 0.3) is 5.91 Å². The lowest BCUT2D eigenvalue weighted by Crippen LogP contribution is -2.34. The molecule has 1 unspecified atom stereocenters. The number of hydrogen-bond acceptors (Lipinski definition) is 3. The van der Waals surface area contributed by atoms with Crippen molar-refractivity contribution >= 4 is 11.6 Å². The van der Waals surface area contributed by atoms with Crippen molar-refractivity contribution in [2.24, 2.45) is 0 Å². The molecule has 0 aliphatic carbocycles. The maximum atomic E-state index is 12.6. The van der Waals surface area contributed by atoms with Crippen LogP contribution in [0, 0.1) is 0 Å². The summed E-state index contributed by atoms with van der Waals surface area (Å²) in [6.07, 6.45) is 0.0326. The Hall–Kier alpha value is -2.33. The predicted octanol–water partition coefficient (Wildman–Crippen LogP) is 3.92. The molecule has 0 aromatic heterocycles. The van der Waals surface area contributed by atoms with Gasteiger partial charge in [-0.2, -0.15) is 0 Å². The van der Waals surface area contributed by atoms with Crippen LogP contribution in [0.15, 0.2) is 48.5 Å². The monoisotopic (exact) mass is 340 g/mol. The van der Waals surface area contributed by atoms with Gasteiger partial charge in [0.2, 0.25) is 0 Å². The summed E-state index contributed by atoms with van der Waals surface area (Å²) in [6, 6.07) is 16.1. The Kier molecular flexibility index (Phi) is 6.59. The molecule has 0 heterocycles. The number of ether oxygens (including phenoxy) is 1. The quantitative estimate of drug-likeness (QED) is 0.766. The number of nitrogens with zero attached hydrogens (tertiary/aromatic N) is 2. The number of hydrogen-bond donors (Lipinski definition) is 0. The maximum Gasteiger partial charge on any atom is 0.253 e. The first-order valence-electron chi connectivity index (χ1n) is 8.68. The Morgan fingerprint density at radius 2 is 1.68 bits per heavy atom. The smallest absolute Gasteiger partial charge is 0.253 e. The number of benzene rings is 2. The average Bonchev–Trinajstić information content (AvgIpc) is 2.61. The molecule has 4 heteroatoms. The molecule has 0 N–H and O–H groups in total. The summed E-state index contributed by atoms with van der Waals surface area (Å²) in [7, 11) is 5.88. The zero-order valence-corrected chi connectivity index (χ0v) is 15.8. The molecule has 0 bridgehead atoms. The van der Waals surface area contributed by atoms with Gasteiger partial charge in [0.15, 0.2) is 0 Å². The second-order valence-corrected chi connectivity index (χ2v) is 6.44. The topological polar surface area (TPSA) is 32.8 Å². The number of likely N-dealkylation sites (N-methyl/N-ethyl adjacent to an activating group) is 1. The van der Waals surface area contributed by atoms with Crippen LogP contribution in [-0.2, 0) is 4.74 Å². The molecule has 2 rings (SSSR count). The highest BCUT2D eigenvalue weighted by Gasteiger charge is 2.15. The lowest BCUT2D eigenvalue weighted by atomic mass is 10.0. The van der Waals surface area contributed by atoms with E-state index in [0.29, 0.717) is 18.7 Å². The first kappa shape index (κ1) is 19.0. The Labute approximate surface area is 151 Å². The largest absolute Gasteiger partial charge is 0.377 e. The third-order valence-corrected chi connectivity index (χ3v) is 4.16. The molecule has 0 saturated heterocycles. The van der Waals surface area contributed by atoms with Crippen LogP contribution in [0.1, 0.15) is 24.2 Å². The van der Waals surface area contributed by atoms with Gasteiger partial charge in [-0.3, -0.25) is 4.79 Å². The molecule has 134 valence electrons. The molecule has 25 heavy (non-hydrogen) atoms. The fourth-order valence-corrected chi connectivity index (χ4v) is 2.93. The zero-order chi connectivity index (χ0) is 18.4. The van der Waals surface area contributed by atoms with Gasteiger partial charge in [-0.15, -0.1) is 0 Å². The molecular formula is C21H28N2O2. The van der Waals surface area contributed by atoms with Crippen molar-refractivity contribution in [1.29, 1.82) is 0 Å². The normalized spacial score (nSPS) is 11.9. The molecule has 4 nitrogen and oxygen atoms in total. The van der Waals surface area contributed by atoms with Crippen molar-refractivity contribution in [1.82, 2.24) is 4.90 Å². The Morgan fingerprint density at radius 3 is 2.28 bits per heavy atom. The van der Waals surface area contributed by atoms with E-state index in [4.69, 9.17) is 4.74 Å². The van der Waals surface area contributed by atoms with Crippen LogP contribution in [0.2, 0.25) is 0 Å². The van der Waals surface area contributed by atoms with E-state index in [9.17, 15) is 4.79 Å².